The van der Waals surface area contributed by atoms with Crippen molar-refractivity contribution in [2.24, 2.45) is 5.41 Å². The van der Waals surface area contributed by atoms with E-state index in [-0.39, 0.29) is 17.9 Å². The maximum Gasteiger partial charge on any atom is 0.257 e. The predicted octanol–water partition coefficient (Wildman–Crippen LogP) is 3.27. The molecule has 1 aromatic rings. The average Bonchev–Trinajstić information content (AvgIpc) is 2.43. The molecule has 1 N–H and O–H groups in total. The van der Waals surface area contributed by atoms with Gasteiger partial charge in [-0.15, -0.1) is 0 Å². The summed E-state index contributed by atoms with van der Waals surface area (Å²) in [5.74, 6) is 1.05. The Kier molecular flexibility index (Phi) is 6.28. The fourth-order valence-corrected chi connectivity index (χ4v) is 1.66. The van der Waals surface area contributed by atoms with Crippen LogP contribution in [0.5, 0.6) is 11.5 Å². The number of carbonyl (C=O) groups excluding carboxylic acids is 1. The van der Waals surface area contributed by atoms with Gasteiger partial charge >= 0.3 is 0 Å². The number of methoxy groups -OCH3 is 1. The maximum atomic E-state index is 11.7. The minimum Gasteiger partial charge on any atom is -0.493 e. The van der Waals surface area contributed by atoms with E-state index in [4.69, 9.17) is 9.47 Å². The number of carbonyl (C=O) groups is 1. The van der Waals surface area contributed by atoms with E-state index in [9.17, 15) is 4.79 Å². The third-order valence-electron chi connectivity index (χ3n) is 2.72. The Morgan fingerprint density at radius 2 is 2.00 bits per heavy atom. The van der Waals surface area contributed by atoms with E-state index in [0.29, 0.717) is 18.0 Å². The average molecular weight is 291 g/mol. The van der Waals surface area contributed by atoms with Crippen molar-refractivity contribution in [3.63, 3.8) is 0 Å². The summed E-state index contributed by atoms with van der Waals surface area (Å²) in [5, 5.41) is 2.85. The lowest BCUT2D eigenvalue weighted by atomic mass is 9.97. The Morgan fingerprint density at radius 3 is 2.57 bits per heavy atom. The number of rotatable bonds is 6. The number of benzene rings is 1. The van der Waals surface area contributed by atoms with Crippen LogP contribution in [0.3, 0.4) is 0 Å². The van der Waals surface area contributed by atoms with Crippen molar-refractivity contribution in [1.82, 2.24) is 5.32 Å². The molecule has 0 saturated heterocycles. The van der Waals surface area contributed by atoms with Gasteiger partial charge in [0, 0.05) is 6.54 Å². The molecule has 0 aliphatic rings. The highest BCUT2D eigenvalue weighted by atomic mass is 16.5. The molecule has 0 aliphatic carbocycles. The van der Waals surface area contributed by atoms with Crippen molar-refractivity contribution in [2.45, 2.75) is 27.7 Å². The molecular formula is C17H25NO3. The zero-order valence-corrected chi connectivity index (χ0v) is 13.5. The van der Waals surface area contributed by atoms with Crippen LogP contribution < -0.4 is 14.8 Å². The van der Waals surface area contributed by atoms with Gasteiger partial charge in [-0.25, -0.2) is 0 Å². The second kappa shape index (κ2) is 7.72. The van der Waals surface area contributed by atoms with E-state index in [0.717, 1.165) is 5.56 Å². The number of allylic oxidation sites excluding steroid dienone is 1. The van der Waals surface area contributed by atoms with Crippen molar-refractivity contribution in [3.05, 3.63) is 29.8 Å². The van der Waals surface area contributed by atoms with Gasteiger partial charge in [0.1, 0.15) is 0 Å². The Hall–Kier alpha value is -1.97. The molecule has 1 rings (SSSR count). The van der Waals surface area contributed by atoms with Crippen molar-refractivity contribution in [3.8, 4) is 11.5 Å². The molecule has 1 aromatic carbocycles. The Balaban J connectivity index is 2.60. The first-order valence-electron chi connectivity index (χ1n) is 7.06. The van der Waals surface area contributed by atoms with Gasteiger partial charge in [0.05, 0.1) is 7.11 Å². The van der Waals surface area contributed by atoms with Gasteiger partial charge in [-0.3, -0.25) is 4.79 Å². The maximum absolute atomic E-state index is 11.7. The zero-order valence-electron chi connectivity index (χ0n) is 13.5. The normalized spacial score (nSPS) is 11.5. The van der Waals surface area contributed by atoms with Crippen LogP contribution in [-0.4, -0.2) is 26.2 Å². The first-order valence-corrected chi connectivity index (χ1v) is 7.06. The van der Waals surface area contributed by atoms with Crippen molar-refractivity contribution < 1.29 is 14.3 Å². The molecule has 0 bridgehead atoms. The second-order valence-electron chi connectivity index (χ2n) is 6.04. The minimum atomic E-state index is -0.135. The summed E-state index contributed by atoms with van der Waals surface area (Å²) in [6, 6.07) is 5.61. The highest BCUT2D eigenvalue weighted by molar-refractivity contribution is 5.77. The highest BCUT2D eigenvalue weighted by Crippen LogP contribution is 2.28. The van der Waals surface area contributed by atoms with Crippen LogP contribution in [-0.2, 0) is 4.79 Å². The van der Waals surface area contributed by atoms with Gasteiger partial charge in [-0.1, -0.05) is 39.0 Å². The fourth-order valence-electron chi connectivity index (χ4n) is 1.66. The lowest BCUT2D eigenvalue weighted by Gasteiger charge is -2.19. The van der Waals surface area contributed by atoms with Gasteiger partial charge < -0.3 is 14.8 Å². The van der Waals surface area contributed by atoms with E-state index in [1.807, 2.05) is 37.3 Å². The lowest BCUT2D eigenvalue weighted by molar-refractivity contribution is -0.123. The first-order chi connectivity index (χ1) is 9.85. The molecule has 0 atom stereocenters. The summed E-state index contributed by atoms with van der Waals surface area (Å²) < 4.78 is 10.8. The van der Waals surface area contributed by atoms with E-state index in [1.165, 1.54) is 0 Å². The van der Waals surface area contributed by atoms with E-state index >= 15 is 0 Å². The monoisotopic (exact) mass is 291 g/mol. The summed E-state index contributed by atoms with van der Waals surface area (Å²) >= 11 is 0. The number of hydrogen-bond donors (Lipinski definition) is 1. The smallest absolute Gasteiger partial charge is 0.257 e. The van der Waals surface area contributed by atoms with Crippen molar-refractivity contribution >= 4 is 12.0 Å². The van der Waals surface area contributed by atoms with E-state index in [2.05, 4.69) is 26.1 Å². The molecule has 0 heterocycles. The predicted molar refractivity (Wildman–Crippen MR) is 85.7 cm³/mol. The standard InChI is InChI=1S/C17H25NO3/c1-6-7-13-8-9-14(15(10-13)20-5)21-11-16(19)18-12-17(2,3)4/h6-10H,11-12H2,1-5H3,(H,18,19)/b7-6+. The summed E-state index contributed by atoms with van der Waals surface area (Å²) in [5.41, 5.74) is 1.08. The third-order valence-corrected chi connectivity index (χ3v) is 2.72. The van der Waals surface area contributed by atoms with E-state index < -0.39 is 0 Å². The quantitative estimate of drug-likeness (QED) is 0.875. The van der Waals surface area contributed by atoms with Gasteiger partial charge in [-0.2, -0.15) is 0 Å². The first kappa shape index (κ1) is 17.1. The number of hydrogen-bond acceptors (Lipinski definition) is 3. The molecule has 0 aromatic heterocycles. The van der Waals surface area contributed by atoms with Gasteiger partial charge in [-0.05, 0) is 30.0 Å². The van der Waals surface area contributed by atoms with Gasteiger partial charge in [0.2, 0.25) is 0 Å². The SMILES string of the molecule is C/C=C/c1ccc(OCC(=O)NCC(C)(C)C)c(OC)c1. The van der Waals surface area contributed by atoms with Crippen LogP contribution in [0.25, 0.3) is 6.08 Å². The van der Waals surface area contributed by atoms with Crippen LogP contribution in [0.4, 0.5) is 0 Å². The van der Waals surface area contributed by atoms with Crippen LogP contribution in [0.2, 0.25) is 0 Å². The summed E-state index contributed by atoms with van der Waals surface area (Å²) in [4.78, 5) is 11.7. The summed E-state index contributed by atoms with van der Waals surface area (Å²) in [6.45, 7) is 8.75. The van der Waals surface area contributed by atoms with Crippen LogP contribution in [0.1, 0.15) is 33.3 Å². The Labute approximate surface area is 127 Å². The number of amides is 1. The van der Waals surface area contributed by atoms with E-state index in [1.54, 1.807) is 7.11 Å². The number of ether oxygens (including phenoxy) is 2. The molecule has 0 fully saturated rings. The third kappa shape index (κ3) is 6.34. The van der Waals surface area contributed by atoms with Crippen molar-refractivity contribution in [2.75, 3.05) is 20.3 Å². The minimum absolute atomic E-state index is 0.0184. The van der Waals surface area contributed by atoms with Gasteiger partial charge in [0.25, 0.3) is 5.91 Å². The topological polar surface area (TPSA) is 47.6 Å². The molecule has 0 spiro atoms. The molecule has 0 unspecified atom stereocenters. The molecule has 0 aliphatic heterocycles. The molecule has 4 heteroatoms. The Bertz CT molecular complexity index is 501. The second-order valence-corrected chi connectivity index (χ2v) is 6.04. The van der Waals surface area contributed by atoms with Crippen LogP contribution in [0.15, 0.2) is 24.3 Å². The Morgan fingerprint density at radius 1 is 1.29 bits per heavy atom. The molecule has 1 amide bonds. The molecule has 0 saturated carbocycles. The lowest BCUT2D eigenvalue weighted by Crippen LogP contribution is -2.35. The van der Waals surface area contributed by atoms with Crippen molar-refractivity contribution in [1.29, 1.82) is 0 Å². The highest BCUT2D eigenvalue weighted by Gasteiger charge is 2.13. The van der Waals surface area contributed by atoms with Crippen LogP contribution >= 0.6 is 0 Å². The fraction of sp³-hybridized carbons (Fsp3) is 0.471. The molecule has 4 nitrogen and oxygen atoms in total. The number of nitrogens with one attached hydrogen (secondary N) is 1. The molecular weight excluding hydrogens is 266 g/mol. The summed E-state index contributed by atoms with van der Waals surface area (Å²) in [6.07, 6.45) is 3.93. The molecule has 0 radical (unpaired) electrons. The largest absolute Gasteiger partial charge is 0.493 e. The van der Waals surface area contributed by atoms with Gasteiger partial charge in [0.15, 0.2) is 18.1 Å². The zero-order chi connectivity index (χ0) is 15.9. The molecule has 116 valence electrons. The molecule has 21 heavy (non-hydrogen) atoms. The van der Waals surface area contributed by atoms with Crippen LogP contribution in [0, 0.1) is 5.41 Å². The summed E-state index contributed by atoms with van der Waals surface area (Å²) in [7, 11) is 1.58.